The summed E-state index contributed by atoms with van der Waals surface area (Å²) in [5, 5.41) is 12.5. The van der Waals surface area contributed by atoms with Crippen LogP contribution in [0.15, 0.2) is 83.7 Å². The second-order valence-electron chi connectivity index (χ2n) is 6.55. The van der Waals surface area contributed by atoms with E-state index in [0.717, 1.165) is 16.8 Å². The van der Waals surface area contributed by atoms with E-state index in [9.17, 15) is 10.1 Å². The van der Waals surface area contributed by atoms with Crippen LogP contribution in [0.4, 0.5) is 11.6 Å². The molecule has 4 rings (SSSR count). The molecule has 1 heterocycles. The molecule has 0 aliphatic heterocycles. The molecule has 3 aromatic carbocycles. The molecule has 30 heavy (non-hydrogen) atoms. The molecule has 0 aliphatic rings. The van der Waals surface area contributed by atoms with E-state index in [-0.39, 0.29) is 11.5 Å². The highest BCUT2D eigenvalue weighted by atomic mass is 16.5. The van der Waals surface area contributed by atoms with Crippen molar-refractivity contribution in [2.45, 2.75) is 0 Å². The summed E-state index contributed by atoms with van der Waals surface area (Å²) in [7, 11) is 1.58. The summed E-state index contributed by atoms with van der Waals surface area (Å²) in [4.78, 5) is 19.5. The van der Waals surface area contributed by atoms with E-state index in [0.29, 0.717) is 17.0 Å². The molecule has 4 aromatic rings. The quantitative estimate of drug-likeness (QED) is 0.511. The van der Waals surface area contributed by atoms with Gasteiger partial charge in [0.05, 0.1) is 12.8 Å². The Morgan fingerprint density at radius 3 is 2.17 bits per heavy atom. The Bertz CT molecular complexity index is 1260. The van der Waals surface area contributed by atoms with Gasteiger partial charge in [0, 0.05) is 11.3 Å². The lowest BCUT2D eigenvalue weighted by molar-refractivity contribution is 0.415. The number of hydrogen-bond donors (Lipinski definition) is 2. The molecule has 0 spiro atoms. The van der Waals surface area contributed by atoms with Gasteiger partial charge in [0.1, 0.15) is 17.4 Å². The number of methoxy groups -OCH3 is 1. The number of rotatable bonds is 5. The van der Waals surface area contributed by atoms with Crippen LogP contribution in [0.1, 0.15) is 5.56 Å². The van der Waals surface area contributed by atoms with Gasteiger partial charge in [0.25, 0.3) is 5.56 Å². The molecule has 2 N–H and O–H groups in total. The third-order valence-electron chi connectivity index (χ3n) is 4.65. The molecule has 0 bridgehead atoms. The van der Waals surface area contributed by atoms with Crippen molar-refractivity contribution in [3.05, 3.63) is 94.8 Å². The van der Waals surface area contributed by atoms with Crippen molar-refractivity contribution in [2.24, 2.45) is 0 Å². The molecular weight excluding hydrogens is 376 g/mol. The zero-order valence-corrected chi connectivity index (χ0v) is 16.2. The maximum absolute atomic E-state index is 12.4. The fraction of sp³-hybridized carbons (Fsp3) is 0.0417. The lowest BCUT2D eigenvalue weighted by atomic mass is 10.1. The van der Waals surface area contributed by atoms with E-state index in [4.69, 9.17) is 4.74 Å². The van der Waals surface area contributed by atoms with Gasteiger partial charge in [-0.25, -0.2) is 4.98 Å². The molecule has 6 nitrogen and oxygen atoms in total. The van der Waals surface area contributed by atoms with Gasteiger partial charge in [0.2, 0.25) is 5.95 Å². The third kappa shape index (κ3) is 3.91. The fourth-order valence-electron chi connectivity index (χ4n) is 3.11. The van der Waals surface area contributed by atoms with Crippen LogP contribution in [0.25, 0.3) is 22.4 Å². The Labute approximate surface area is 173 Å². The van der Waals surface area contributed by atoms with Crippen molar-refractivity contribution < 1.29 is 4.74 Å². The van der Waals surface area contributed by atoms with E-state index in [1.54, 1.807) is 31.4 Å². The molecule has 0 aliphatic carbocycles. The topological polar surface area (TPSA) is 90.8 Å². The van der Waals surface area contributed by atoms with Gasteiger partial charge in [-0.3, -0.25) is 9.78 Å². The van der Waals surface area contributed by atoms with E-state index < -0.39 is 5.56 Å². The number of ether oxygens (including phenoxy) is 1. The Morgan fingerprint density at radius 2 is 1.53 bits per heavy atom. The van der Waals surface area contributed by atoms with Crippen LogP contribution < -0.4 is 15.6 Å². The maximum Gasteiger partial charge on any atom is 0.270 e. The Morgan fingerprint density at radius 1 is 0.900 bits per heavy atom. The summed E-state index contributed by atoms with van der Waals surface area (Å²) in [6, 6.07) is 26.8. The van der Waals surface area contributed by atoms with Crippen molar-refractivity contribution in [1.29, 1.82) is 5.26 Å². The number of benzene rings is 3. The Kier molecular flexibility index (Phi) is 5.27. The summed E-state index contributed by atoms with van der Waals surface area (Å²) in [6.07, 6.45) is 0. The first kappa shape index (κ1) is 19.0. The van der Waals surface area contributed by atoms with Gasteiger partial charge < -0.3 is 10.1 Å². The minimum Gasteiger partial charge on any atom is -0.497 e. The largest absolute Gasteiger partial charge is 0.497 e. The summed E-state index contributed by atoms with van der Waals surface area (Å²) in [5.74, 6) is 0.941. The maximum atomic E-state index is 12.4. The normalized spacial score (nSPS) is 10.3. The predicted octanol–water partition coefficient (Wildman–Crippen LogP) is 4.73. The Balaban J connectivity index is 1.65. The molecule has 0 atom stereocenters. The standard InChI is InChI=1S/C24H18N4O2/c1-30-20-13-9-18(10-14-20)22-21(15-25)23(29)28-24(27-22)26-19-11-7-17(8-12-19)16-5-3-2-4-6-16/h2-14H,1H3,(H2,26,27,28,29). The molecule has 0 unspecified atom stereocenters. The number of nitriles is 1. The molecule has 0 amide bonds. The predicted molar refractivity (Wildman–Crippen MR) is 117 cm³/mol. The second-order valence-corrected chi connectivity index (χ2v) is 6.55. The molecule has 6 heteroatoms. The van der Waals surface area contributed by atoms with Crippen molar-refractivity contribution >= 4 is 11.6 Å². The van der Waals surface area contributed by atoms with Gasteiger partial charge in [-0.2, -0.15) is 5.26 Å². The number of anilines is 2. The molecule has 146 valence electrons. The second kappa shape index (κ2) is 8.33. The minimum absolute atomic E-state index is 0.0369. The minimum atomic E-state index is -0.498. The average molecular weight is 394 g/mol. The smallest absolute Gasteiger partial charge is 0.270 e. The highest BCUT2D eigenvalue weighted by Gasteiger charge is 2.14. The first-order chi connectivity index (χ1) is 14.7. The first-order valence-electron chi connectivity index (χ1n) is 9.29. The van der Waals surface area contributed by atoms with Crippen LogP contribution >= 0.6 is 0 Å². The summed E-state index contributed by atoms with van der Waals surface area (Å²) < 4.78 is 5.16. The van der Waals surface area contributed by atoms with Gasteiger partial charge in [-0.15, -0.1) is 0 Å². The van der Waals surface area contributed by atoms with Crippen LogP contribution in [-0.2, 0) is 0 Å². The lowest BCUT2D eigenvalue weighted by Crippen LogP contribution is -2.16. The molecule has 0 saturated carbocycles. The number of nitrogens with zero attached hydrogens (tertiary/aromatic N) is 2. The van der Waals surface area contributed by atoms with Crippen LogP contribution in [-0.4, -0.2) is 17.1 Å². The van der Waals surface area contributed by atoms with E-state index in [2.05, 4.69) is 15.3 Å². The molecule has 1 aromatic heterocycles. The zero-order valence-electron chi connectivity index (χ0n) is 16.2. The van der Waals surface area contributed by atoms with Gasteiger partial charge in [-0.05, 0) is 47.5 Å². The van der Waals surface area contributed by atoms with Crippen molar-refractivity contribution in [2.75, 3.05) is 12.4 Å². The van der Waals surface area contributed by atoms with Gasteiger partial charge >= 0.3 is 0 Å². The number of hydrogen-bond acceptors (Lipinski definition) is 5. The monoisotopic (exact) mass is 394 g/mol. The van der Waals surface area contributed by atoms with Crippen LogP contribution in [0, 0.1) is 11.3 Å². The zero-order chi connectivity index (χ0) is 20.9. The highest BCUT2D eigenvalue weighted by Crippen LogP contribution is 2.25. The van der Waals surface area contributed by atoms with Crippen LogP contribution in [0.3, 0.4) is 0 Å². The van der Waals surface area contributed by atoms with Crippen molar-refractivity contribution in [1.82, 2.24) is 9.97 Å². The third-order valence-corrected chi connectivity index (χ3v) is 4.65. The molecule has 0 fully saturated rings. The van der Waals surface area contributed by atoms with E-state index in [1.807, 2.05) is 60.7 Å². The SMILES string of the molecule is COc1ccc(-c2nc(Nc3ccc(-c4ccccc4)cc3)[nH]c(=O)c2C#N)cc1. The Hall–Kier alpha value is -4.37. The number of aromatic nitrogens is 2. The summed E-state index contributed by atoms with van der Waals surface area (Å²) in [5.41, 5.74) is 3.40. The lowest BCUT2D eigenvalue weighted by Gasteiger charge is -2.10. The molecule has 0 radical (unpaired) electrons. The van der Waals surface area contributed by atoms with E-state index >= 15 is 0 Å². The highest BCUT2D eigenvalue weighted by molar-refractivity contribution is 5.70. The van der Waals surface area contributed by atoms with Gasteiger partial charge in [0.15, 0.2) is 0 Å². The molecule has 0 saturated heterocycles. The number of aromatic amines is 1. The average Bonchev–Trinajstić information content (AvgIpc) is 2.80. The number of nitrogens with one attached hydrogen (secondary N) is 2. The van der Waals surface area contributed by atoms with Crippen LogP contribution in [0.2, 0.25) is 0 Å². The van der Waals surface area contributed by atoms with Crippen molar-refractivity contribution in [3.8, 4) is 34.2 Å². The van der Waals surface area contributed by atoms with E-state index in [1.165, 1.54) is 0 Å². The fourth-order valence-corrected chi connectivity index (χ4v) is 3.11. The van der Waals surface area contributed by atoms with Crippen molar-refractivity contribution in [3.63, 3.8) is 0 Å². The summed E-state index contributed by atoms with van der Waals surface area (Å²) in [6.45, 7) is 0. The first-order valence-corrected chi connectivity index (χ1v) is 9.29. The molecular formula is C24H18N4O2. The number of H-pyrrole nitrogens is 1. The van der Waals surface area contributed by atoms with Gasteiger partial charge in [-0.1, -0.05) is 42.5 Å². The summed E-state index contributed by atoms with van der Waals surface area (Å²) >= 11 is 0. The van der Waals surface area contributed by atoms with Crippen LogP contribution in [0.5, 0.6) is 5.75 Å².